The number of nitrogens with zero attached hydrogens (tertiary/aromatic N) is 3. The molecular formula is C22H31N4O+. The van der Waals surface area contributed by atoms with E-state index < -0.39 is 0 Å². The molecule has 5 heteroatoms. The molecule has 27 heavy (non-hydrogen) atoms. The second-order valence-electron chi connectivity index (χ2n) is 8.64. The average molecular weight is 368 g/mol. The molecule has 1 saturated carbocycles. The van der Waals surface area contributed by atoms with Crippen LogP contribution in [-0.4, -0.2) is 38.0 Å². The molecule has 2 aliphatic heterocycles. The number of nitrogens with one attached hydrogen (secondary N) is 1. The highest BCUT2D eigenvalue weighted by molar-refractivity contribution is 5.53. The molecule has 1 saturated heterocycles. The summed E-state index contributed by atoms with van der Waals surface area (Å²) in [5.41, 5.74) is 5.46. The van der Waals surface area contributed by atoms with Crippen molar-refractivity contribution in [2.45, 2.75) is 57.7 Å². The summed E-state index contributed by atoms with van der Waals surface area (Å²) in [7, 11) is 0. The zero-order chi connectivity index (χ0) is 18.4. The lowest BCUT2D eigenvalue weighted by molar-refractivity contribution is -0.961. The molecule has 0 aromatic heterocycles. The number of benzene rings is 1. The van der Waals surface area contributed by atoms with Crippen LogP contribution in [0, 0.1) is 19.8 Å². The number of rotatable bonds is 3. The first-order chi connectivity index (χ1) is 13.2. The highest BCUT2D eigenvalue weighted by Gasteiger charge is 2.66. The summed E-state index contributed by atoms with van der Waals surface area (Å²) in [5.74, 6) is 0.551. The minimum absolute atomic E-state index is 0.0678. The predicted molar refractivity (Wildman–Crippen MR) is 106 cm³/mol. The van der Waals surface area contributed by atoms with Gasteiger partial charge in [-0.25, -0.2) is 0 Å². The number of hydrogen-bond acceptors (Lipinski definition) is 4. The fourth-order valence-corrected chi connectivity index (χ4v) is 5.87. The molecule has 0 amide bonds. The molecule has 2 heterocycles. The summed E-state index contributed by atoms with van der Waals surface area (Å²) in [6.45, 7) is 8.16. The van der Waals surface area contributed by atoms with Crippen LogP contribution in [0.15, 0.2) is 40.2 Å². The van der Waals surface area contributed by atoms with Gasteiger partial charge < -0.3 is 9.64 Å². The van der Waals surface area contributed by atoms with Gasteiger partial charge in [-0.2, -0.15) is 10.1 Å². The van der Waals surface area contributed by atoms with Crippen molar-refractivity contribution in [2.75, 3.05) is 31.3 Å². The number of allylic oxidation sites excluding steroid dienone is 1. The van der Waals surface area contributed by atoms with Gasteiger partial charge in [-0.3, -0.25) is 0 Å². The van der Waals surface area contributed by atoms with Crippen LogP contribution < -0.4 is 9.91 Å². The number of aryl methyl sites for hydroxylation is 2. The molecule has 0 bridgehead atoms. The van der Waals surface area contributed by atoms with E-state index >= 15 is 0 Å². The van der Waals surface area contributed by atoms with E-state index in [-0.39, 0.29) is 5.66 Å². The maximum atomic E-state index is 5.73. The molecule has 3 atom stereocenters. The van der Waals surface area contributed by atoms with E-state index in [4.69, 9.17) is 15.1 Å². The summed E-state index contributed by atoms with van der Waals surface area (Å²) in [4.78, 5) is 1.62. The van der Waals surface area contributed by atoms with Crippen LogP contribution in [0.3, 0.4) is 0 Å². The first kappa shape index (κ1) is 17.4. The minimum Gasteiger partial charge on any atom is -0.370 e. The molecule has 2 aliphatic carbocycles. The Kier molecular flexibility index (Phi) is 4.32. The van der Waals surface area contributed by atoms with Crippen LogP contribution in [-0.2, 0) is 4.74 Å². The van der Waals surface area contributed by atoms with E-state index in [2.05, 4.69) is 43.1 Å². The number of quaternary nitrogens is 1. The van der Waals surface area contributed by atoms with E-state index in [0.29, 0.717) is 12.0 Å². The van der Waals surface area contributed by atoms with E-state index in [1.807, 2.05) is 0 Å². The fraction of sp³-hybridized carbons (Fsp3) is 0.636. The van der Waals surface area contributed by atoms with Gasteiger partial charge in [0, 0.05) is 0 Å². The first-order valence-corrected chi connectivity index (χ1v) is 10.6. The smallest absolute Gasteiger partial charge is 0.225 e. The Morgan fingerprint density at radius 1 is 1.15 bits per heavy atom. The van der Waals surface area contributed by atoms with Crippen LogP contribution in [0.2, 0.25) is 0 Å². The zero-order valence-electron chi connectivity index (χ0n) is 16.6. The highest BCUT2D eigenvalue weighted by Crippen LogP contribution is 2.49. The molecule has 1 N–H and O–H groups in total. The Balaban J connectivity index is 1.62. The SMILES string of the molecule is Cc1ccc(N2N=N[C@H]3CC[C@@H](C4=CCCC4)[C@@]32[NH+]2CCOCC2)cc1C. The summed E-state index contributed by atoms with van der Waals surface area (Å²) < 4.78 is 5.73. The summed E-state index contributed by atoms with van der Waals surface area (Å²) >= 11 is 0. The summed E-state index contributed by atoms with van der Waals surface area (Å²) in [5, 5.41) is 12.0. The lowest BCUT2D eigenvalue weighted by Gasteiger charge is -2.47. The predicted octanol–water partition coefficient (Wildman–Crippen LogP) is 2.99. The lowest BCUT2D eigenvalue weighted by atomic mass is 9.84. The number of fused-ring (bicyclic) bond motifs is 1. The molecule has 1 aromatic carbocycles. The maximum Gasteiger partial charge on any atom is 0.225 e. The van der Waals surface area contributed by atoms with Gasteiger partial charge >= 0.3 is 0 Å². The Labute approximate surface area is 162 Å². The van der Waals surface area contributed by atoms with Crippen molar-refractivity contribution < 1.29 is 9.64 Å². The number of ether oxygens (including phenoxy) is 1. The van der Waals surface area contributed by atoms with E-state index in [1.54, 1.807) is 10.5 Å². The molecule has 144 valence electrons. The largest absolute Gasteiger partial charge is 0.370 e. The van der Waals surface area contributed by atoms with Crippen molar-refractivity contribution in [3.63, 3.8) is 0 Å². The van der Waals surface area contributed by atoms with Crippen LogP contribution in [0.5, 0.6) is 0 Å². The third-order valence-electron chi connectivity index (χ3n) is 7.32. The van der Waals surface area contributed by atoms with E-state index in [1.165, 1.54) is 42.5 Å². The van der Waals surface area contributed by atoms with Gasteiger partial charge in [0.1, 0.15) is 19.1 Å². The second-order valence-corrected chi connectivity index (χ2v) is 8.64. The minimum atomic E-state index is -0.0678. The van der Waals surface area contributed by atoms with Gasteiger partial charge in [0.2, 0.25) is 5.66 Å². The number of anilines is 1. The molecule has 0 unspecified atom stereocenters. The first-order valence-electron chi connectivity index (χ1n) is 10.6. The molecular weight excluding hydrogens is 336 g/mol. The average Bonchev–Trinajstić information content (AvgIpc) is 3.40. The van der Waals surface area contributed by atoms with Gasteiger partial charge in [-0.05, 0) is 69.2 Å². The Morgan fingerprint density at radius 3 is 2.74 bits per heavy atom. The topological polar surface area (TPSA) is 41.6 Å². The molecule has 0 spiro atoms. The van der Waals surface area contributed by atoms with Gasteiger partial charge in [-0.15, -0.1) is 0 Å². The standard InChI is InChI=1S/C22H30N4O/c1-16-7-8-19(15-17(16)2)26-22(25-11-13-27-14-12-25)20(18-5-3-4-6-18)9-10-21(22)23-24-26/h5,7-8,15,20-21H,3-4,6,9-14H2,1-2H3/p+1/t20-,21-,22-/m0/s1. The zero-order valence-corrected chi connectivity index (χ0v) is 16.6. The summed E-state index contributed by atoms with van der Waals surface area (Å²) in [6.07, 6.45) is 8.71. The molecule has 1 aromatic rings. The molecule has 0 radical (unpaired) electrons. The highest BCUT2D eigenvalue weighted by atomic mass is 16.5. The van der Waals surface area contributed by atoms with E-state index in [0.717, 1.165) is 32.7 Å². The van der Waals surface area contributed by atoms with Crippen LogP contribution in [0.4, 0.5) is 5.69 Å². The Morgan fingerprint density at radius 2 is 2.00 bits per heavy atom. The van der Waals surface area contributed by atoms with Crippen molar-refractivity contribution in [1.29, 1.82) is 0 Å². The third-order valence-corrected chi connectivity index (χ3v) is 7.32. The van der Waals surface area contributed by atoms with Crippen LogP contribution in [0.1, 0.15) is 43.2 Å². The monoisotopic (exact) mass is 367 g/mol. The molecule has 5 rings (SSSR count). The van der Waals surface area contributed by atoms with Gasteiger partial charge in [0.15, 0.2) is 0 Å². The van der Waals surface area contributed by atoms with Crippen molar-refractivity contribution in [1.82, 2.24) is 0 Å². The third kappa shape index (κ3) is 2.59. The molecule has 4 aliphatic rings. The van der Waals surface area contributed by atoms with Crippen LogP contribution in [0.25, 0.3) is 0 Å². The van der Waals surface area contributed by atoms with Gasteiger partial charge in [0.25, 0.3) is 0 Å². The van der Waals surface area contributed by atoms with Gasteiger partial charge in [-0.1, -0.05) is 22.9 Å². The number of hydrogen-bond donors (Lipinski definition) is 1. The van der Waals surface area contributed by atoms with Gasteiger partial charge in [0.05, 0.1) is 24.8 Å². The fourth-order valence-electron chi connectivity index (χ4n) is 5.87. The van der Waals surface area contributed by atoms with Crippen molar-refractivity contribution in [3.8, 4) is 0 Å². The molecule has 5 nitrogen and oxygen atoms in total. The van der Waals surface area contributed by atoms with Crippen molar-refractivity contribution >= 4 is 5.69 Å². The quantitative estimate of drug-likeness (QED) is 0.835. The maximum absolute atomic E-state index is 5.73. The van der Waals surface area contributed by atoms with Crippen LogP contribution >= 0.6 is 0 Å². The molecule has 2 fully saturated rings. The summed E-state index contributed by atoms with van der Waals surface area (Å²) in [6, 6.07) is 7.06. The Hall–Kier alpha value is -1.72. The van der Waals surface area contributed by atoms with Crippen molar-refractivity contribution in [2.24, 2.45) is 16.3 Å². The normalized spacial score (nSPS) is 33.6. The second kappa shape index (κ2) is 6.71. The lowest BCUT2D eigenvalue weighted by Crippen LogP contribution is -3.25. The van der Waals surface area contributed by atoms with Crippen molar-refractivity contribution in [3.05, 3.63) is 41.0 Å². The number of morpholine rings is 1. The Bertz CT molecular complexity index is 783. The van der Waals surface area contributed by atoms with E-state index in [9.17, 15) is 0 Å².